The molecular formula is C16H14N6O. The fourth-order valence-electron chi connectivity index (χ4n) is 2.61. The highest BCUT2D eigenvalue weighted by atomic mass is 16.6. The van der Waals surface area contributed by atoms with Crippen molar-refractivity contribution in [1.29, 1.82) is 0 Å². The zero-order chi connectivity index (χ0) is 15.8. The van der Waals surface area contributed by atoms with Crippen LogP contribution in [0.1, 0.15) is 24.0 Å². The van der Waals surface area contributed by atoms with Gasteiger partial charge in [-0.2, -0.15) is 9.61 Å². The average molecular weight is 306 g/mol. The van der Waals surface area contributed by atoms with Gasteiger partial charge in [0.2, 0.25) is 0 Å². The molecule has 0 amide bonds. The highest BCUT2D eigenvalue weighted by Gasteiger charge is 2.30. The molecule has 1 aliphatic rings. The van der Waals surface area contributed by atoms with E-state index in [1.165, 1.54) is 0 Å². The summed E-state index contributed by atoms with van der Waals surface area (Å²) in [6.07, 6.45) is 2.38. The van der Waals surface area contributed by atoms with E-state index in [-0.39, 0.29) is 0 Å². The molecule has 2 aromatic heterocycles. The number of benzene rings is 1. The Morgan fingerprint density at radius 2 is 2.04 bits per heavy atom. The summed E-state index contributed by atoms with van der Waals surface area (Å²) in [4.78, 5) is 9.87. The van der Waals surface area contributed by atoms with Crippen LogP contribution < -0.4 is 0 Å². The molecule has 114 valence electrons. The Morgan fingerprint density at radius 1 is 1.22 bits per heavy atom. The van der Waals surface area contributed by atoms with E-state index in [9.17, 15) is 0 Å². The summed E-state index contributed by atoms with van der Waals surface area (Å²) >= 11 is 0. The van der Waals surface area contributed by atoms with Crippen molar-refractivity contribution in [2.24, 2.45) is 5.16 Å². The summed E-state index contributed by atoms with van der Waals surface area (Å²) in [5.74, 6) is 1.24. The van der Waals surface area contributed by atoms with E-state index < -0.39 is 0 Å². The molecule has 3 aromatic rings. The molecule has 23 heavy (non-hydrogen) atoms. The number of oxime groups is 1. The van der Waals surface area contributed by atoms with E-state index in [2.05, 4.69) is 32.0 Å². The van der Waals surface area contributed by atoms with E-state index >= 15 is 0 Å². The molecule has 2 heterocycles. The zero-order valence-electron chi connectivity index (χ0n) is 12.6. The maximum absolute atomic E-state index is 5.28. The number of fused-ring (bicyclic) bond motifs is 4. The van der Waals surface area contributed by atoms with Crippen molar-refractivity contribution < 1.29 is 4.84 Å². The number of hydrogen-bond donors (Lipinski definition) is 0. The first-order chi connectivity index (χ1) is 11.3. The molecule has 0 spiro atoms. The molecule has 1 aromatic carbocycles. The van der Waals surface area contributed by atoms with Crippen molar-refractivity contribution >= 4 is 11.5 Å². The van der Waals surface area contributed by atoms with Crippen LogP contribution >= 0.6 is 0 Å². The second-order valence-electron chi connectivity index (χ2n) is 5.06. The molecule has 0 atom stereocenters. The summed E-state index contributed by atoms with van der Waals surface area (Å²) in [7, 11) is 0. The summed E-state index contributed by atoms with van der Waals surface area (Å²) in [6.45, 7) is 5.97. The first-order valence-corrected chi connectivity index (χ1v) is 7.36. The third-order valence-corrected chi connectivity index (χ3v) is 3.65. The van der Waals surface area contributed by atoms with Crippen LogP contribution in [0.15, 0.2) is 42.1 Å². The highest BCUT2D eigenvalue weighted by molar-refractivity contribution is 6.22. The Labute approximate surface area is 132 Å². The average Bonchev–Trinajstić information content (AvgIpc) is 3.12. The van der Waals surface area contributed by atoms with E-state index in [4.69, 9.17) is 4.84 Å². The predicted octanol–water partition coefficient (Wildman–Crippen LogP) is 2.02. The Morgan fingerprint density at radius 3 is 2.83 bits per heavy atom. The smallest absolute Gasteiger partial charge is 0.272 e. The number of rotatable bonds is 4. The van der Waals surface area contributed by atoms with E-state index in [1.807, 2.05) is 31.2 Å². The van der Waals surface area contributed by atoms with Crippen molar-refractivity contribution in [2.75, 3.05) is 6.61 Å². The van der Waals surface area contributed by atoms with Gasteiger partial charge in [0.05, 0.1) is 0 Å². The zero-order valence-corrected chi connectivity index (χ0v) is 12.6. The molecule has 1 aliphatic carbocycles. The minimum Gasteiger partial charge on any atom is -0.391 e. The van der Waals surface area contributed by atoms with Crippen LogP contribution in [0.3, 0.4) is 0 Å². The van der Waals surface area contributed by atoms with Crippen LogP contribution in [0.25, 0.3) is 17.0 Å². The number of nitrogens with zero attached hydrogens (tertiary/aromatic N) is 6. The second-order valence-corrected chi connectivity index (χ2v) is 5.06. The Hall–Kier alpha value is -3.09. The topological polar surface area (TPSA) is 77.6 Å². The van der Waals surface area contributed by atoms with Crippen molar-refractivity contribution in [3.05, 3.63) is 54.0 Å². The fraction of sp³-hybridized carbons (Fsp3) is 0.188. The van der Waals surface area contributed by atoms with Gasteiger partial charge in [-0.1, -0.05) is 49.0 Å². The quantitative estimate of drug-likeness (QED) is 0.327. The van der Waals surface area contributed by atoms with Crippen molar-refractivity contribution in [1.82, 2.24) is 24.8 Å². The Bertz CT molecular complexity index is 943. The van der Waals surface area contributed by atoms with Gasteiger partial charge in [0.15, 0.2) is 5.82 Å². The lowest BCUT2D eigenvalue weighted by Crippen LogP contribution is -2.07. The minimum absolute atomic E-state index is 0.335. The minimum atomic E-state index is 0.335. The lowest BCUT2D eigenvalue weighted by molar-refractivity contribution is 0.175. The Kier molecular flexibility index (Phi) is 3.11. The summed E-state index contributed by atoms with van der Waals surface area (Å²) in [5.41, 5.74) is 4.02. The van der Waals surface area contributed by atoms with Crippen molar-refractivity contribution in [2.45, 2.75) is 13.3 Å². The van der Waals surface area contributed by atoms with Gasteiger partial charge >= 0.3 is 0 Å². The van der Waals surface area contributed by atoms with Crippen LogP contribution in [0.2, 0.25) is 0 Å². The van der Waals surface area contributed by atoms with Crippen LogP contribution in [0, 0.1) is 0 Å². The van der Waals surface area contributed by atoms with Gasteiger partial charge in [-0.05, 0) is 0 Å². The van der Waals surface area contributed by atoms with Gasteiger partial charge in [-0.25, -0.2) is 4.98 Å². The number of aromatic nitrogens is 5. The third kappa shape index (κ3) is 2.01. The van der Waals surface area contributed by atoms with E-state index in [1.54, 1.807) is 10.6 Å². The molecule has 0 unspecified atom stereocenters. The third-order valence-electron chi connectivity index (χ3n) is 3.65. The van der Waals surface area contributed by atoms with Crippen LogP contribution in [-0.4, -0.2) is 37.1 Å². The standard InChI is InChI=1S/C16H14N6O/c1-3-9-23-21-14-11-8-6-5-7-10(11)13-15(14)17-16-19-18-12(4-2)22(16)20-13/h3,5-8H,1,4,9H2,2H3/b21-14+. The molecule has 0 saturated heterocycles. The maximum atomic E-state index is 5.28. The lowest BCUT2D eigenvalue weighted by Gasteiger charge is -2.01. The van der Waals surface area contributed by atoms with Gasteiger partial charge in [0.1, 0.15) is 23.7 Å². The summed E-state index contributed by atoms with van der Waals surface area (Å²) in [5, 5.41) is 17.1. The molecule has 0 N–H and O–H groups in total. The summed E-state index contributed by atoms with van der Waals surface area (Å²) in [6, 6.07) is 7.91. The fourth-order valence-corrected chi connectivity index (χ4v) is 2.61. The first-order valence-electron chi connectivity index (χ1n) is 7.36. The van der Waals surface area contributed by atoms with Crippen molar-refractivity contribution in [3.8, 4) is 11.3 Å². The van der Waals surface area contributed by atoms with Crippen molar-refractivity contribution in [3.63, 3.8) is 0 Å². The normalized spacial score (nSPS) is 14.0. The first kappa shape index (κ1) is 13.6. The van der Waals surface area contributed by atoms with Gasteiger partial charge in [0.25, 0.3) is 5.78 Å². The van der Waals surface area contributed by atoms with Crippen LogP contribution in [0.4, 0.5) is 0 Å². The molecular weight excluding hydrogens is 292 g/mol. The van der Waals surface area contributed by atoms with Gasteiger partial charge in [-0.15, -0.1) is 10.2 Å². The van der Waals surface area contributed by atoms with Crippen LogP contribution in [-0.2, 0) is 11.3 Å². The number of aryl methyl sites for hydroxylation is 1. The SMILES string of the molecule is C=CCO/N=C1\c2ccccc2-c2nn3c(CC)nnc3nc21. The highest BCUT2D eigenvalue weighted by Crippen LogP contribution is 2.34. The lowest BCUT2D eigenvalue weighted by atomic mass is 10.1. The van der Waals surface area contributed by atoms with Crippen LogP contribution in [0.5, 0.6) is 0 Å². The van der Waals surface area contributed by atoms with E-state index in [0.29, 0.717) is 23.8 Å². The predicted molar refractivity (Wildman–Crippen MR) is 85.2 cm³/mol. The molecule has 0 bridgehead atoms. The van der Waals surface area contributed by atoms with Gasteiger partial charge < -0.3 is 4.84 Å². The molecule has 0 fully saturated rings. The molecule has 0 aliphatic heterocycles. The number of hydrogen-bond acceptors (Lipinski definition) is 6. The molecule has 4 rings (SSSR count). The molecule has 0 saturated carbocycles. The molecule has 0 radical (unpaired) electrons. The molecule has 7 nitrogen and oxygen atoms in total. The molecule has 7 heteroatoms. The van der Waals surface area contributed by atoms with Gasteiger partial charge in [0, 0.05) is 17.5 Å². The monoisotopic (exact) mass is 306 g/mol. The largest absolute Gasteiger partial charge is 0.391 e. The van der Waals surface area contributed by atoms with Gasteiger partial charge in [-0.3, -0.25) is 0 Å². The maximum Gasteiger partial charge on any atom is 0.272 e. The second kappa shape index (κ2) is 5.28. The Balaban J connectivity index is 1.96. The van der Waals surface area contributed by atoms with E-state index in [0.717, 1.165) is 29.1 Å². The summed E-state index contributed by atoms with van der Waals surface area (Å²) < 4.78 is 1.68.